The molecule has 4 nitrogen and oxygen atoms in total. The van der Waals surface area contributed by atoms with Crippen LogP contribution >= 0.6 is 11.8 Å². The van der Waals surface area contributed by atoms with Gasteiger partial charge in [-0.3, -0.25) is 0 Å². The van der Waals surface area contributed by atoms with Gasteiger partial charge in [0.1, 0.15) is 0 Å². The zero-order valence-corrected chi connectivity index (χ0v) is 14.1. The van der Waals surface area contributed by atoms with Gasteiger partial charge in [0, 0.05) is 17.8 Å². The summed E-state index contributed by atoms with van der Waals surface area (Å²) in [6.45, 7) is 0.431. The van der Waals surface area contributed by atoms with Crippen molar-refractivity contribution < 1.29 is 8.42 Å². The molecule has 1 fully saturated rings. The second-order valence-corrected chi connectivity index (χ2v) is 8.50. The topological polar surface area (TPSA) is 72.2 Å². The molecule has 0 unspecified atom stereocenters. The van der Waals surface area contributed by atoms with E-state index in [0.717, 1.165) is 36.8 Å². The van der Waals surface area contributed by atoms with Gasteiger partial charge in [-0.15, -0.1) is 0 Å². The Morgan fingerprint density at radius 1 is 1.24 bits per heavy atom. The third-order valence-corrected chi connectivity index (χ3v) is 6.48. The first kappa shape index (κ1) is 16.8. The first-order chi connectivity index (χ1) is 10.0. The number of sulfonamides is 1. The van der Waals surface area contributed by atoms with Crippen LogP contribution in [0.15, 0.2) is 24.3 Å². The van der Waals surface area contributed by atoms with Crippen molar-refractivity contribution >= 4 is 21.8 Å². The van der Waals surface area contributed by atoms with Gasteiger partial charge in [0.2, 0.25) is 10.0 Å². The van der Waals surface area contributed by atoms with Crippen LogP contribution in [0, 0.1) is 0 Å². The molecule has 21 heavy (non-hydrogen) atoms. The lowest BCUT2D eigenvalue weighted by atomic mass is 9.96. The second-order valence-electron chi connectivity index (χ2n) is 5.61. The van der Waals surface area contributed by atoms with Crippen LogP contribution in [0.1, 0.15) is 36.8 Å². The van der Waals surface area contributed by atoms with Crippen molar-refractivity contribution in [3.8, 4) is 0 Å². The number of nitrogens with two attached hydrogens (primary N) is 1. The molecule has 3 N–H and O–H groups in total. The van der Waals surface area contributed by atoms with Gasteiger partial charge in [-0.25, -0.2) is 13.1 Å². The highest BCUT2D eigenvalue weighted by molar-refractivity contribution is 7.99. The Kier molecular flexibility index (Phi) is 6.10. The molecule has 0 saturated heterocycles. The van der Waals surface area contributed by atoms with Gasteiger partial charge in [0.25, 0.3) is 0 Å². The molecule has 1 saturated carbocycles. The lowest BCUT2D eigenvalue weighted by Gasteiger charge is -2.27. The lowest BCUT2D eigenvalue weighted by molar-refractivity contribution is 0.420. The van der Waals surface area contributed by atoms with Gasteiger partial charge >= 0.3 is 0 Å². The minimum absolute atomic E-state index is 0.0310. The Hall–Kier alpha value is -0.560. The van der Waals surface area contributed by atoms with E-state index in [1.54, 1.807) is 0 Å². The molecule has 0 aliphatic heterocycles. The molecule has 1 aliphatic carbocycles. The van der Waals surface area contributed by atoms with E-state index in [1.165, 1.54) is 0 Å². The monoisotopic (exact) mass is 328 g/mol. The van der Waals surface area contributed by atoms with Crippen molar-refractivity contribution in [1.82, 2.24) is 4.72 Å². The Bertz CT molecular complexity index is 553. The largest absolute Gasteiger partial charge is 0.326 e. The summed E-state index contributed by atoms with van der Waals surface area (Å²) in [7, 11) is -3.28. The fourth-order valence-electron chi connectivity index (χ4n) is 2.78. The highest BCUT2D eigenvalue weighted by Crippen LogP contribution is 2.27. The molecule has 1 aromatic carbocycles. The molecular formula is C15H24N2O2S2. The fourth-order valence-corrected chi connectivity index (χ4v) is 4.97. The number of benzene rings is 1. The summed E-state index contributed by atoms with van der Waals surface area (Å²) in [4.78, 5) is 0. The summed E-state index contributed by atoms with van der Waals surface area (Å²) in [5.74, 6) is 0.0310. The molecule has 2 rings (SSSR count). The molecule has 0 radical (unpaired) electrons. The summed E-state index contributed by atoms with van der Waals surface area (Å²) in [5.41, 5.74) is 7.35. The van der Waals surface area contributed by atoms with E-state index in [9.17, 15) is 8.42 Å². The molecule has 0 atom stereocenters. The normalized spacial score (nSPS) is 23.1. The third-order valence-electron chi connectivity index (χ3n) is 3.94. The van der Waals surface area contributed by atoms with Crippen LogP contribution in [0.3, 0.4) is 0 Å². The van der Waals surface area contributed by atoms with E-state index in [-0.39, 0.29) is 11.8 Å². The lowest BCUT2D eigenvalue weighted by Crippen LogP contribution is -2.38. The van der Waals surface area contributed by atoms with Crippen molar-refractivity contribution in [2.45, 2.75) is 49.3 Å². The van der Waals surface area contributed by atoms with Gasteiger partial charge in [-0.2, -0.15) is 11.8 Å². The summed E-state index contributed by atoms with van der Waals surface area (Å²) >= 11 is 1.88. The molecular weight excluding hydrogens is 304 g/mol. The minimum Gasteiger partial charge on any atom is -0.326 e. The Morgan fingerprint density at radius 3 is 2.52 bits per heavy atom. The SMILES string of the molecule is CSC1CCC(NS(=O)(=O)Cc2cccc(CN)c2)CC1. The molecule has 118 valence electrons. The average molecular weight is 329 g/mol. The van der Waals surface area contributed by atoms with Crippen molar-refractivity contribution in [2.24, 2.45) is 5.73 Å². The van der Waals surface area contributed by atoms with Gasteiger partial charge in [-0.05, 0) is 43.1 Å². The summed E-state index contributed by atoms with van der Waals surface area (Å²) in [6.07, 6.45) is 6.19. The summed E-state index contributed by atoms with van der Waals surface area (Å²) in [5, 5.41) is 0.687. The van der Waals surface area contributed by atoms with Gasteiger partial charge < -0.3 is 5.73 Å². The standard InChI is InChI=1S/C15H24N2O2S2/c1-20-15-7-5-14(6-8-15)17-21(18,19)11-13-4-2-3-12(9-13)10-16/h2-4,9,14-15,17H,5-8,10-11,16H2,1H3. The Balaban J connectivity index is 1.93. The molecule has 1 aromatic rings. The van der Waals surface area contributed by atoms with Crippen molar-refractivity contribution in [1.29, 1.82) is 0 Å². The number of hydrogen-bond donors (Lipinski definition) is 2. The third kappa shape index (κ3) is 5.29. The maximum Gasteiger partial charge on any atom is 0.216 e. The molecule has 0 amide bonds. The first-order valence-corrected chi connectivity index (χ1v) is 10.3. The highest BCUT2D eigenvalue weighted by atomic mass is 32.2. The quantitative estimate of drug-likeness (QED) is 0.840. The second kappa shape index (κ2) is 7.63. The van der Waals surface area contributed by atoms with E-state index < -0.39 is 10.0 Å². The van der Waals surface area contributed by atoms with Gasteiger partial charge in [0.05, 0.1) is 5.75 Å². The molecule has 0 aromatic heterocycles. The fraction of sp³-hybridized carbons (Fsp3) is 0.600. The molecule has 6 heteroatoms. The first-order valence-electron chi connectivity index (χ1n) is 7.33. The Labute approximate surface area is 131 Å². The average Bonchev–Trinajstić information content (AvgIpc) is 2.47. The molecule has 1 aliphatic rings. The number of hydrogen-bond acceptors (Lipinski definition) is 4. The van der Waals surface area contributed by atoms with Crippen LogP contribution in [-0.4, -0.2) is 26.0 Å². The summed E-state index contributed by atoms with van der Waals surface area (Å²) < 4.78 is 27.4. The molecule has 0 spiro atoms. The van der Waals surface area contributed by atoms with E-state index >= 15 is 0 Å². The number of nitrogens with one attached hydrogen (secondary N) is 1. The predicted octanol–water partition coefficient (Wildman–Crippen LogP) is 2.24. The van der Waals surface area contributed by atoms with E-state index in [2.05, 4.69) is 11.0 Å². The summed E-state index contributed by atoms with van der Waals surface area (Å²) in [6, 6.07) is 7.56. The van der Waals surface area contributed by atoms with E-state index in [4.69, 9.17) is 5.73 Å². The highest BCUT2D eigenvalue weighted by Gasteiger charge is 2.24. The van der Waals surface area contributed by atoms with Gasteiger partial charge in [-0.1, -0.05) is 24.3 Å². The van der Waals surface area contributed by atoms with E-state index in [0.29, 0.717) is 11.8 Å². The number of thioether (sulfide) groups is 1. The number of rotatable bonds is 6. The smallest absolute Gasteiger partial charge is 0.216 e. The minimum atomic E-state index is -3.28. The molecule has 0 heterocycles. The van der Waals surface area contributed by atoms with Crippen LogP contribution in [0.4, 0.5) is 0 Å². The zero-order chi connectivity index (χ0) is 15.3. The van der Waals surface area contributed by atoms with Crippen molar-refractivity contribution in [3.63, 3.8) is 0 Å². The van der Waals surface area contributed by atoms with Crippen LogP contribution in [-0.2, 0) is 22.3 Å². The Morgan fingerprint density at radius 2 is 1.90 bits per heavy atom. The maximum atomic E-state index is 12.3. The van der Waals surface area contributed by atoms with Crippen LogP contribution in [0.2, 0.25) is 0 Å². The van der Waals surface area contributed by atoms with Crippen LogP contribution in [0.25, 0.3) is 0 Å². The van der Waals surface area contributed by atoms with Crippen molar-refractivity contribution in [3.05, 3.63) is 35.4 Å². The molecule has 0 bridgehead atoms. The zero-order valence-electron chi connectivity index (χ0n) is 12.4. The van der Waals surface area contributed by atoms with Crippen LogP contribution < -0.4 is 10.5 Å². The van der Waals surface area contributed by atoms with Crippen molar-refractivity contribution in [2.75, 3.05) is 6.26 Å². The van der Waals surface area contributed by atoms with Gasteiger partial charge in [0.15, 0.2) is 0 Å². The van der Waals surface area contributed by atoms with E-state index in [1.807, 2.05) is 36.0 Å². The predicted molar refractivity (Wildman–Crippen MR) is 89.7 cm³/mol. The van der Waals surface area contributed by atoms with Crippen LogP contribution in [0.5, 0.6) is 0 Å². The maximum absolute atomic E-state index is 12.3.